The minimum atomic E-state index is -1.06. The molecule has 0 bridgehead atoms. The Labute approximate surface area is 127 Å². The fourth-order valence-corrected chi connectivity index (χ4v) is 2.29. The number of halogens is 1. The van der Waals surface area contributed by atoms with E-state index in [9.17, 15) is 4.79 Å². The van der Waals surface area contributed by atoms with E-state index in [1.165, 1.54) is 13.2 Å². The van der Waals surface area contributed by atoms with E-state index in [4.69, 9.17) is 21.4 Å². The van der Waals surface area contributed by atoms with Gasteiger partial charge in [0, 0.05) is 5.56 Å². The molecule has 0 atom stereocenters. The monoisotopic (exact) mass is 308 g/mol. The Morgan fingerprint density at radius 3 is 2.48 bits per heavy atom. The molecule has 112 valence electrons. The maximum absolute atomic E-state index is 11.0. The van der Waals surface area contributed by atoms with Crippen LogP contribution >= 0.6 is 11.6 Å². The van der Waals surface area contributed by atoms with Gasteiger partial charge < -0.3 is 9.84 Å². The minimum Gasteiger partial charge on any atom is -0.494 e. The first-order valence-electron chi connectivity index (χ1n) is 6.41. The zero-order chi connectivity index (χ0) is 15.8. The van der Waals surface area contributed by atoms with Gasteiger partial charge in [0.1, 0.15) is 11.4 Å². The number of hydrogen-bond acceptors (Lipinski definition) is 3. The number of aromatic amines is 1. The molecule has 0 fully saturated rings. The molecule has 2 aromatic rings. The third-order valence-electron chi connectivity index (χ3n) is 3.20. The Kier molecular flexibility index (Phi) is 3.96. The van der Waals surface area contributed by atoms with E-state index in [0.717, 1.165) is 5.56 Å². The maximum Gasteiger partial charge on any atom is 0.353 e. The summed E-state index contributed by atoms with van der Waals surface area (Å²) in [5.74, 6) is -0.584. The van der Waals surface area contributed by atoms with Crippen molar-refractivity contribution in [1.82, 2.24) is 10.2 Å². The molecule has 21 heavy (non-hydrogen) atoms. The number of carboxylic acids is 1. The van der Waals surface area contributed by atoms with Crippen LogP contribution in [0.3, 0.4) is 0 Å². The number of nitrogens with one attached hydrogen (secondary N) is 1. The van der Waals surface area contributed by atoms with Crippen LogP contribution < -0.4 is 4.74 Å². The molecule has 1 aromatic heterocycles. The van der Waals surface area contributed by atoms with E-state index in [2.05, 4.69) is 31.0 Å². The number of aromatic carboxylic acids is 1. The number of methoxy groups -OCH3 is 1. The van der Waals surface area contributed by atoms with Gasteiger partial charge in [0.05, 0.1) is 17.8 Å². The summed E-state index contributed by atoms with van der Waals surface area (Å²) in [5.41, 5.74) is 2.08. The lowest BCUT2D eigenvalue weighted by molar-refractivity contribution is 0.0690. The zero-order valence-electron chi connectivity index (χ0n) is 12.3. The fraction of sp³-hybridized carbons (Fsp3) is 0.333. The standard InChI is InChI=1S/C15H17ClN2O3/c1-15(2,3)8-5-9(13(21-4)10(16)6-8)11-7-12(14(19)20)18-17-11/h5-7H,1-4H3,(H,17,18)(H,19,20). The highest BCUT2D eigenvalue weighted by molar-refractivity contribution is 6.32. The Hall–Kier alpha value is -2.01. The number of nitrogens with zero attached hydrogens (tertiary/aromatic N) is 1. The highest BCUT2D eigenvalue weighted by Crippen LogP contribution is 2.39. The average Bonchev–Trinajstić information content (AvgIpc) is 2.86. The number of rotatable bonds is 3. The third kappa shape index (κ3) is 3.03. The second kappa shape index (κ2) is 5.41. The van der Waals surface area contributed by atoms with E-state index in [1.54, 1.807) is 0 Å². The van der Waals surface area contributed by atoms with Gasteiger partial charge in [-0.15, -0.1) is 0 Å². The van der Waals surface area contributed by atoms with Crippen LogP contribution in [0.25, 0.3) is 11.3 Å². The largest absolute Gasteiger partial charge is 0.494 e. The Morgan fingerprint density at radius 2 is 2.00 bits per heavy atom. The molecule has 0 unspecified atom stereocenters. The van der Waals surface area contributed by atoms with Gasteiger partial charge in [-0.2, -0.15) is 5.10 Å². The first-order chi connectivity index (χ1) is 9.74. The normalized spacial score (nSPS) is 11.5. The van der Waals surface area contributed by atoms with Crippen LogP contribution in [0.1, 0.15) is 36.8 Å². The van der Waals surface area contributed by atoms with Crippen molar-refractivity contribution >= 4 is 17.6 Å². The van der Waals surface area contributed by atoms with Gasteiger partial charge >= 0.3 is 5.97 Å². The molecule has 0 spiro atoms. The molecular formula is C15H17ClN2O3. The van der Waals surface area contributed by atoms with Gasteiger partial charge in [-0.25, -0.2) is 4.79 Å². The van der Waals surface area contributed by atoms with Gasteiger partial charge in [-0.3, -0.25) is 5.10 Å². The molecule has 0 aliphatic carbocycles. The van der Waals surface area contributed by atoms with E-state index < -0.39 is 5.97 Å². The zero-order valence-corrected chi connectivity index (χ0v) is 13.1. The highest BCUT2D eigenvalue weighted by atomic mass is 35.5. The molecule has 2 N–H and O–H groups in total. The van der Waals surface area contributed by atoms with Crippen molar-refractivity contribution in [3.63, 3.8) is 0 Å². The summed E-state index contributed by atoms with van der Waals surface area (Å²) in [6.45, 7) is 6.21. The quantitative estimate of drug-likeness (QED) is 0.906. The first-order valence-corrected chi connectivity index (χ1v) is 6.79. The summed E-state index contributed by atoms with van der Waals surface area (Å²) in [5, 5.41) is 16.0. The van der Waals surface area contributed by atoms with Crippen molar-refractivity contribution in [3.8, 4) is 17.0 Å². The smallest absolute Gasteiger partial charge is 0.353 e. The number of benzene rings is 1. The molecule has 0 aliphatic rings. The van der Waals surface area contributed by atoms with Gasteiger partial charge in [0.15, 0.2) is 0 Å². The van der Waals surface area contributed by atoms with Crippen molar-refractivity contribution in [3.05, 3.63) is 34.5 Å². The number of H-pyrrole nitrogens is 1. The number of carbonyl (C=O) groups is 1. The molecule has 2 rings (SSSR count). The van der Waals surface area contributed by atoms with Crippen LogP contribution in [-0.2, 0) is 5.41 Å². The molecule has 0 saturated carbocycles. The lowest BCUT2D eigenvalue weighted by Crippen LogP contribution is -2.11. The molecule has 1 aromatic carbocycles. The second-order valence-electron chi connectivity index (χ2n) is 5.76. The predicted octanol–water partition coefficient (Wildman–Crippen LogP) is 3.73. The topological polar surface area (TPSA) is 75.2 Å². The Bertz CT molecular complexity index is 687. The molecule has 0 radical (unpaired) electrons. The molecule has 1 heterocycles. The lowest BCUT2D eigenvalue weighted by atomic mass is 9.85. The van der Waals surface area contributed by atoms with Crippen LogP contribution in [-0.4, -0.2) is 28.4 Å². The van der Waals surface area contributed by atoms with Crippen molar-refractivity contribution in [1.29, 1.82) is 0 Å². The maximum atomic E-state index is 11.0. The van der Waals surface area contributed by atoms with E-state index in [0.29, 0.717) is 22.0 Å². The summed E-state index contributed by atoms with van der Waals surface area (Å²) in [6.07, 6.45) is 0. The SMILES string of the molecule is COc1c(Cl)cc(C(C)(C)C)cc1-c1cc(C(=O)O)[nH]n1. The number of ether oxygens (including phenoxy) is 1. The van der Waals surface area contributed by atoms with Gasteiger partial charge in [0.25, 0.3) is 0 Å². The van der Waals surface area contributed by atoms with E-state index >= 15 is 0 Å². The third-order valence-corrected chi connectivity index (χ3v) is 3.48. The number of carboxylic acid groups (broad SMARTS) is 1. The summed E-state index contributed by atoms with van der Waals surface area (Å²) >= 11 is 6.28. The number of aromatic nitrogens is 2. The van der Waals surface area contributed by atoms with Crippen molar-refractivity contribution in [2.45, 2.75) is 26.2 Å². The Morgan fingerprint density at radius 1 is 1.33 bits per heavy atom. The fourth-order valence-electron chi connectivity index (χ4n) is 1.99. The summed E-state index contributed by atoms with van der Waals surface area (Å²) in [6, 6.07) is 5.24. The molecule has 6 heteroatoms. The Balaban J connectivity index is 2.64. The second-order valence-corrected chi connectivity index (χ2v) is 6.17. The summed E-state index contributed by atoms with van der Waals surface area (Å²) < 4.78 is 5.33. The van der Waals surface area contributed by atoms with Crippen LogP contribution in [0, 0.1) is 0 Å². The van der Waals surface area contributed by atoms with E-state index in [-0.39, 0.29) is 11.1 Å². The summed E-state index contributed by atoms with van der Waals surface area (Å²) in [7, 11) is 1.52. The van der Waals surface area contributed by atoms with Crippen LogP contribution in [0.5, 0.6) is 5.75 Å². The minimum absolute atomic E-state index is 0.0179. The van der Waals surface area contributed by atoms with Gasteiger partial charge in [-0.05, 0) is 29.2 Å². The predicted molar refractivity (Wildman–Crippen MR) is 81.2 cm³/mol. The molecule has 0 aliphatic heterocycles. The molecule has 0 amide bonds. The molecule has 0 saturated heterocycles. The van der Waals surface area contributed by atoms with Crippen molar-refractivity contribution in [2.75, 3.05) is 7.11 Å². The van der Waals surface area contributed by atoms with Gasteiger partial charge in [-0.1, -0.05) is 32.4 Å². The first kappa shape index (κ1) is 15.4. The van der Waals surface area contributed by atoms with Crippen molar-refractivity contribution in [2.24, 2.45) is 0 Å². The van der Waals surface area contributed by atoms with Gasteiger partial charge in [0.2, 0.25) is 0 Å². The van der Waals surface area contributed by atoms with Crippen LogP contribution in [0.4, 0.5) is 0 Å². The highest BCUT2D eigenvalue weighted by Gasteiger charge is 2.21. The van der Waals surface area contributed by atoms with Crippen LogP contribution in [0.2, 0.25) is 5.02 Å². The number of hydrogen-bond donors (Lipinski definition) is 2. The van der Waals surface area contributed by atoms with E-state index in [1.807, 2.05) is 12.1 Å². The summed E-state index contributed by atoms with van der Waals surface area (Å²) in [4.78, 5) is 11.0. The molecule has 5 nitrogen and oxygen atoms in total. The lowest BCUT2D eigenvalue weighted by Gasteiger charge is -2.21. The van der Waals surface area contributed by atoms with Crippen molar-refractivity contribution < 1.29 is 14.6 Å². The van der Waals surface area contributed by atoms with Crippen LogP contribution in [0.15, 0.2) is 18.2 Å². The average molecular weight is 309 g/mol. The molecular weight excluding hydrogens is 292 g/mol.